The summed E-state index contributed by atoms with van der Waals surface area (Å²) in [7, 11) is -1.82. The van der Waals surface area contributed by atoms with Gasteiger partial charge in [0.05, 0.1) is 7.11 Å². The highest BCUT2D eigenvalue weighted by atomic mass is 28.4. The van der Waals surface area contributed by atoms with E-state index in [9.17, 15) is 4.79 Å². The van der Waals surface area contributed by atoms with Crippen LogP contribution in [-0.4, -0.2) is 51.8 Å². The summed E-state index contributed by atoms with van der Waals surface area (Å²) in [6.07, 6.45) is 2.85. The summed E-state index contributed by atoms with van der Waals surface area (Å²) in [4.78, 5) is 14.8. The molecule has 0 bridgehead atoms. The van der Waals surface area contributed by atoms with Crippen molar-refractivity contribution >= 4 is 33.4 Å². The molecule has 0 saturated carbocycles. The van der Waals surface area contributed by atoms with Gasteiger partial charge in [0, 0.05) is 44.7 Å². The molecule has 0 fully saturated rings. The first-order valence-electron chi connectivity index (χ1n) is 13.2. The van der Waals surface area contributed by atoms with Gasteiger partial charge in [0.25, 0.3) is 0 Å². The van der Waals surface area contributed by atoms with Crippen molar-refractivity contribution in [3.8, 4) is 0 Å². The van der Waals surface area contributed by atoms with Crippen molar-refractivity contribution in [1.82, 2.24) is 9.47 Å². The fraction of sp³-hybridized carbons (Fsp3) is 0.433. The fourth-order valence-electron chi connectivity index (χ4n) is 4.84. The van der Waals surface area contributed by atoms with Gasteiger partial charge in [-0.05, 0) is 49.3 Å². The number of aromatic nitrogens is 1. The van der Waals surface area contributed by atoms with Crippen LogP contribution in [0.25, 0.3) is 10.9 Å². The van der Waals surface area contributed by atoms with Gasteiger partial charge in [-0.3, -0.25) is 4.90 Å². The first-order valence-corrected chi connectivity index (χ1v) is 20.3. The van der Waals surface area contributed by atoms with E-state index in [-0.39, 0.29) is 12.3 Å². The van der Waals surface area contributed by atoms with Gasteiger partial charge in [0.2, 0.25) is 0 Å². The van der Waals surface area contributed by atoms with Crippen LogP contribution in [0.4, 0.5) is 4.79 Å². The smallest absolute Gasteiger partial charge is 0.411 e. The number of amides is 1. The molecule has 1 amide bonds. The molecule has 1 heterocycles. The van der Waals surface area contributed by atoms with E-state index < -0.39 is 16.4 Å². The molecule has 1 aromatic heterocycles. The van der Waals surface area contributed by atoms with Crippen LogP contribution in [0.1, 0.15) is 17.5 Å². The lowest BCUT2D eigenvalue weighted by molar-refractivity contribution is 0.0187. The third kappa shape index (κ3) is 8.73. The van der Waals surface area contributed by atoms with Crippen molar-refractivity contribution in [2.24, 2.45) is 0 Å². The topological polar surface area (TPSA) is 43.7 Å². The number of benzene rings is 2. The third-order valence-electron chi connectivity index (χ3n) is 6.18. The minimum absolute atomic E-state index is 0.350. The summed E-state index contributed by atoms with van der Waals surface area (Å²) in [6, 6.07) is 20.0. The zero-order valence-corrected chi connectivity index (χ0v) is 25.7. The molecule has 0 spiro atoms. The fourth-order valence-corrected chi connectivity index (χ4v) is 7.51. The highest BCUT2D eigenvalue weighted by Crippen LogP contribution is 2.27. The van der Waals surface area contributed by atoms with E-state index in [0.717, 1.165) is 18.2 Å². The summed E-state index contributed by atoms with van der Waals surface area (Å²) >= 11 is 0. The number of rotatable bonds is 12. The lowest BCUT2D eigenvalue weighted by Gasteiger charge is -2.36. The molecule has 5 nitrogen and oxygen atoms in total. The van der Waals surface area contributed by atoms with Crippen LogP contribution < -0.4 is 0 Å². The SMILES string of the molecule is C=C(CC(O[Si](C)(C)C)N(CCc1cn(Cc2ccccc2)c2ccccc12)C(=O)OC)C[Si](C)(C)C. The molecule has 37 heavy (non-hydrogen) atoms. The van der Waals surface area contributed by atoms with Crippen LogP contribution in [-0.2, 0) is 22.1 Å². The van der Waals surface area contributed by atoms with Gasteiger partial charge in [-0.1, -0.05) is 80.3 Å². The molecule has 0 aliphatic heterocycles. The minimum atomic E-state index is -1.94. The maximum absolute atomic E-state index is 13.1. The number of fused-ring (bicyclic) bond motifs is 1. The molecule has 1 unspecified atom stereocenters. The summed E-state index contributed by atoms with van der Waals surface area (Å²) in [5, 5.41) is 1.22. The second kappa shape index (κ2) is 12.3. The number of hydrogen-bond acceptors (Lipinski definition) is 3. The van der Waals surface area contributed by atoms with Crippen LogP contribution >= 0.6 is 0 Å². The highest BCUT2D eigenvalue weighted by molar-refractivity contribution is 6.76. The largest absolute Gasteiger partial charge is 0.453 e. The molecule has 0 aliphatic carbocycles. The van der Waals surface area contributed by atoms with Crippen molar-refractivity contribution in [1.29, 1.82) is 0 Å². The van der Waals surface area contributed by atoms with Gasteiger partial charge < -0.3 is 13.7 Å². The van der Waals surface area contributed by atoms with Gasteiger partial charge in [0.1, 0.15) is 6.23 Å². The van der Waals surface area contributed by atoms with Crippen molar-refractivity contribution in [3.63, 3.8) is 0 Å². The standard InChI is InChI=1S/C30H44N2O3Si2/c1-24(23-36(3,4)5)20-29(35-37(6,7)8)32(30(33)34-2)19-18-26-22-31(21-25-14-10-9-11-15-25)28-17-13-12-16-27(26)28/h9-17,22,29H,1,18-21,23H2,2-8H3. The van der Waals surface area contributed by atoms with Gasteiger partial charge in [-0.2, -0.15) is 0 Å². The molecule has 1 atom stereocenters. The summed E-state index contributed by atoms with van der Waals surface area (Å²) < 4.78 is 14.1. The van der Waals surface area contributed by atoms with E-state index >= 15 is 0 Å². The molecule has 3 aromatic rings. The zero-order chi connectivity index (χ0) is 27.2. The molecule has 0 aliphatic rings. The lowest BCUT2D eigenvalue weighted by Crippen LogP contribution is -2.48. The normalized spacial score (nSPS) is 12.9. The summed E-state index contributed by atoms with van der Waals surface area (Å²) in [6.45, 7) is 19.2. The number of carbonyl (C=O) groups excluding carboxylic acids is 1. The van der Waals surface area contributed by atoms with Crippen LogP contribution in [0.5, 0.6) is 0 Å². The maximum atomic E-state index is 13.1. The van der Waals surface area contributed by atoms with Crippen molar-refractivity contribution in [2.75, 3.05) is 13.7 Å². The van der Waals surface area contributed by atoms with Gasteiger partial charge in [-0.25, -0.2) is 4.79 Å². The Morgan fingerprint density at radius 3 is 2.27 bits per heavy atom. The van der Waals surface area contributed by atoms with Crippen LogP contribution in [0, 0.1) is 0 Å². The molecule has 0 radical (unpaired) electrons. The number of carbonyl (C=O) groups is 1. The number of ether oxygens (including phenoxy) is 1. The minimum Gasteiger partial charge on any atom is -0.453 e. The van der Waals surface area contributed by atoms with Gasteiger partial charge in [-0.15, -0.1) is 0 Å². The third-order valence-corrected chi connectivity index (χ3v) is 8.72. The van der Waals surface area contributed by atoms with Crippen LogP contribution in [0.2, 0.25) is 45.3 Å². The van der Waals surface area contributed by atoms with E-state index in [1.54, 1.807) is 4.90 Å². The summed E-state index contributed by atoms with van der Waals surface area (Å²) in [5.74, 6) is 0. The van der Waals surface area contributed by atoms with E-state index in [0.29, 0.717) is 19.4 Å². The number of nitrogens with zero attached hydrogens (tertiary/aromatic N) is 2. The van der Waals surface area contributed by atoms with Gasteiger partial charge >= 0.3 is 6.09 Å². The molecule has 7 heteroatoms. The first-order chi connectivity index (χ1) is 17.4. The molecule has 200 valence electrons. The van der Waals surface area contributed by atoms with Gasteiger partial charge in [0.15, 0.2) is 8.32 Å². The van der Waals surface area contributed by atoms with E-state index in [1.807, 2.05) is 6.07 Å². The molecular formula is C30H44N2O3Si2. The summed E-state index contributed by atoms with van der Waals surface area (Å²) in [5.41, 5.74) is 4.82. The Bertz CT molecular complexity index is 1190. The second-order valence-corrected chi connectivity index (χ2v) is 22.0. The van der Waals surface area contributed by atoms with Crippen molar-refractivity contribution < 1.29 is 14.0 Å². The van der Waals surface area contributed by atoms with E-state index in [2.05, 4.69) is 105 Å². The average Bonchev–Trinajstić information content (AvgIpc) is 3.14. The highest BCUT2D eigenvalue weighted by Gasteiger charge is 2.31. The molecule has 0 N–H and O–H groups in total. The molecule has 0 saturated heterocycles. The Morgan fingerprint density at radius 1 is 1.00 bits per heavy atom. The average molecular weight is 537 g/mol. The molecular weight excluding hydrogens is 493 g/mol. The first kappa shape index (κ1) is 28.9. The van der Waals surface area contributed by atoms with E-state index in [4.69, 9.17) is 9.16 Å². The molecule has 2 aromatic carbocycles. The Morgan fingerprint density at radius 2 is 1.65 bits per heavy atom. The predicted octanol–water partition coefficient (Wildman–Crippen LogP) is 7.76. The Balaban J connectivity index is 1.87. The second-order valence-electron chi connectivity index (χ2n) is 12.1. The van der Waals surface area contributed by atoms with Crippen LogP contribution in [0.15, 0.2) is 72.9 Å². The number of methoxy groups -OCH3 is 1. The Labute approximate surface area is 225 Å². The number of para-hydroxylation sites is 1. The van der Waals surface area contributed by atoms with E-state index in [1.165, 1.54) is 29.1 Å². The predicted molar refractivity (Wildman–Crippen MR) is 160 cm³/mol. The Kier molecular flexibility index (Phi) is 9.61. The molecule has 3 rings (SSSR count). The van der Waals surface area contributed by atoms with Crippen molar-refractivity contribution in [2.45, 2.75) is 70.9 Å². The van der Waals surface area contributed by atoms with Crippen molar-refractivity contribution in [3.05, 3.63) is 84.1 Å². The van der Waals surface area contributed by atoms with Crippen LogP contribution in [0.3, 0.4) is 0 Å². The lowest BCUT2D eigenvalue weighted by atomic mass is 10.1. The number of hydrogen-bond donors (Lipinski definition) is 0. The monoisotopic (exact) mass is 536 g/mol. The maximum Gasteiger partial charge on any atom is 0.411 e. The quantitative estimate of drug-likeness (QED) is 0.135. The zero-order valence-electron chi connectivity index (χ0n) is 23.7. The Hall–Kier alpha value is -2.62.